The number of sulfonamides is 1. The molecule has 3 aliphatic heterocycles. The number of carbonyl (C=O) groups excluding carboxylic acids is 1. The van der Waals surface area contributed by atoms with Crippen molar-refractivity contribution < 1.29 is 18.3 Å². The van der Waals surface area contributed by atoms with Crippen LogP contribution in [0.4, 0.5) is 5.82 Å². The lowest BCUT2D eigenvalue weighted by Crippen LogP contribution is -2.71. The van der Waals surface area contributed by atoms with Crippen LogP contribution >= 0.6 is 0 Å². The van der Waals surface area contributed by atoms with E-state index >= 15 is 0 Å². The highest BCUT2D eigenvalue weighted by Crippen LogP contribution is 2.42. The Hall–Kier alpha value is -2.27. The van der Waals surface area contributed by atoms with Crippen LogP contribution in [0.5, 0.6) is 0 Å². The molecule has 10 heteroatoms. The molecule has 0 aliphatic carbocycles. The monoisotopic (exact) mass is 459 g/mol. The summed E-state index contributed by atoms with van der Waals surface area (Å²) in [6.07, 6.45) is 0.594. The first kappa shape index (κ1) is 21.6. The molecule has 9 nitrogen and oxygen atoms in total. The maximum absolute atomic E-state index is 13.9. The zero-order chi connectivity index (χ0) is 22.9. The van der Waals surface area contributed by atoms with E-state index in [4.69, 9.17) is 4.98 Å². The molecule has 1 aromatic carbocycles. The summed E-state index contributed by atoms with van der Waals surface area (Å²) in [5.41, 5.74) is -0.180. The number of likely N-dealkylation sites (N-methyl/N-ethyl adjacent to an activating group) is 1. The Kier molecular flexibility index (Phi) is 4.79. The standard InChI is InChI=1S/C22H29N5O4S/c1-21(2)9-16(10-28)27(11-21)32(30,31)18-8-15-6-4-5-7-17(15)24-19(18)26-12-22(13-26)20(29)23-14-25(22)3/h4-8,16,28H,9-14H2,1-3H3,(H,23,29). The van der Waals surface area contributed by atoms with Crippen molar-refractivity contribution in [2.75, 3.05) is 44.9 Å². The Labute approximate surface area is 188 Å². The van der Waals surface area contributed by atoms with Gasteiger partial charge in [0.1, 0.15) is 16.3 Å². The van der Waals surface area contributed by atoms with Crippen LogP contribution in [-0.4, -0.2) is 85.2 Å². The van der Waals surface area contributed by atoms with Gasteiger partial charge in [0.2, 0.25) is 15.9 Å². The van der Waals surface area contributed by atoms with E-state index < -0.39 is 21.6 Å². The molecule has 0 radical (unpaired) electrons. The number of para-hydroxylation sites is 1. The average molecular weight is 460 g/mol. The molecule has 0 bridgehead atoms. The summed E-state index contributed by atoms with van der Waals surface area (Å²) >= 11 is 0. The number of aromatic nitrogens is 1. The number of hydrogen-bond acceptors (Lipinski definition) is 7. The predicted molar refractivity (Wildman–Crippen MR) is 121 cm³/mol. The molecular weight excluding hydrogens is 430 g/mol. The molecule has 1 amide bonds. The van der Waals surface area contributed by atoms with Gasteiger partial charge in [-0.25, -0.2) is 13.4 Å². The van der Waals surface area contributed by atoms with Crippen LogP contribution < -0.4 is 10.2 Å². The summed E-state index contributed by atoms with van der Waals surface area (Å²) in [6.45, 7) is 5.36. The molecule has 2 N–H and O–H groups in total. The second-order valence-corrected chi connectivity index (χ2v) is 11.9. The predicted octanol–water partition coefficient (Wildman–Crippen LogP) is 0.594. The summed E-state index contributed by atoms with van der Waals surface area (Å²) in [6, 6.07) is 8.63. The quantitative estimate of drug-likeness (QED) is 0.689. The number of pyridine rings is 1. The SMILES string of the molecule is CN1CNC(=O)C12CN(c1nc3ccccc3cc1S(=O)(=O)N1CC(C)(C)CC1CO)C2. The zero-order valence-corrected chi connectivity index (χ0v) is 19.4. The average Bonchev–Trinajstić information content (AvgIpc) is 3.21. The minimum absolute atomic E-state index is 0.0388. The minimum atomic E-state index is -3.92. The highest BCUT2D eigenvalue weighted by atomic mass is 32.2. The molecule has 4 heterocycles. The maximum Gasteiger partial charge on any atom is 0.247 e. The van der Waals surface area contributed by atoms with Crippen molar-refractivity contribution in [3.63, 3.8) is 0 Å². The number of aliphatic hydroxyl groups is 1. The topological polar surface area (TPSA) is 106 Å². The van der Waals surface area contributed by atoms with Crippen molar-refractivity contribution in [3.05, 3.63) is 30.3 Å². The number of rotatable bonds is 4. The molecular formula is C22H29N5O4S. The van der Waals surface area contributed by atoms with E-state index in [0.29, 0.717) is 44.1 Å². The van der Waals surface area contributed by atoms with Gasteiger partial charge in [-0.15, -0.1) is 0 Å². The number of nitrogens with one attached hydrogen (secondary N) is 1. The maximum atomic E-state index is 13.9. The van der Waals surface area contributed by atoms with Crippen molar-refractivity contribution in [2.24, 2.45) is 5.41 Å². The van der Waals surface area contributed by atoms with Gasteiger partial charge in [-0.3, -0.25) is 9.69 Å². The Bertz CT molecular complexity index is 1190. The van der Waals surface area contributed by atoms with Gasteiger partial charge in [0.15, 0.2) is 0 Å². The van der Waals surface area contributed by atoms with Crippen LogP contribution in [0.15, 0.2) is 35.2 Å². The molecule has 172 valence electrons. The van der Waals surface area contributed by atoms with Gasteiger partial charge in [-0.1, -0.05) is 32.0 Å². The number of amides is 1. The molecule has 1 atom stereocenters. The summed E-state index contributed by atoms with van der Waals surface area (Å²) in [5, 5.41) is 13.5. The largest absolute Gasteiger partial charge is 0.395 e. The number of carbonyl (C=O) groups is 1. The number of fused-ring (bicyclic) bond motifs is 1. The molecule has 2 aromatic rings. The van der Waals surface area contributed by atoms with Crippen LogP contribution in [0.3, 0.4) is 0 Å². The molecule has 0 saturated carbocycles. The normalized spacial score (nSPS) is 25.4. The Balaban J connectivity index is 1.59. The van der Waals surface area contributed by atoms with Crippen LogP contribution in [0, 0.1) is 5.41 Å². The summed E-state index contributed by atoms with van der Waals surface area (Å²) in [7, 11) is -2.03. The Morgan fingerprint density at radius 2 is 1.94 bits per heavy atom. The lowest BCUT2D eigenvalue weighted by Gasteiger charge is -2.50. The van der Waals surface area contributed by atoms with Crippen LogP contribution in [-0.2, 0) is 14.8 Å². The molecule has 3 aliphatic rings. The summed E-state index contributed by atoms with van der Waals surface area (Å²) in [4.78, 5) is 21.2. The molecule has 5 rings (SSSR count). The van der Waals surface area contributed by atoms with E-state index in [2.05, 4.69) is 5.32 Å². The van der Waals surface area contributed by atoms with Crippen molar-refractivity contribution in [1.82, 2.24) is 19.5 Å². The lowest BCUT2D eigenvalue weighted by molar-refractivity contribution is -0.127. The molecule has 3 saturated heterocycles. The third-order valence-electron chi connectivity index (χ3n) is 7.08. The first-order chi connectivity index (χ1) is 15.1. The van der Waals surface area contributed by atoms with Crippen molar-refractivity contribution in [3.8, 4) is 0 Å². The molecule has 32 heavy (non-hydrogen) atoms. The number of nitrogens with zero attached hydrogens (tertiary/aromatic N) is 4. The second-order valence-electron chi connectivity index (χ2n) is 10.0. The summed E-state index contributed by atoms with van der Waals surface area (Å²) in [5.74, 6) is 0.326. The second kappa shape index (κ2) is 7.11. The van der Waals surface area contributed by atoms with Gasteiger partial charge in [-0.05, 0) is 31.0 Å². The van der Waals surface area contributed by atoms with Crippen molar-refractivity contribution in [1.29, 1.82) is 0 Å². The Morgan fingerprint density at radius 1 is 1.22 bits per heavy atom. The highest BCUT2D eigenvalue weighted by molar-refractivity contribution is 7.89. The minimum Gasteiger partial charge on any atom is -0.395 e. The number of anilines is 1. The van der Waals surface area contributed by atoms with Crippen LogP contribution in [0.1, 0.15) is 20.3 Å². The molecule has 3 fully saturated rings. The van der Waals surface area contributed by atoms with Gasteiger partial charge >= 0.3 is 0 Å². The number of aliphatic hydroxyl groups excluding tert-OH is 1. The van der Waals surface area contributed by atoms with Gasteiger partial charge in [0.25, 0.3) is 0 Å². The van der Waals surface area contributed by atoms with Gasteiger partial charge in [-0.2, -0.15) is 4.31 Å². The van der Waals surface area contributed by atoms with Gasteiger partial charge < -0.3 is 15.3 Å². The zero-order valence-electron chi connectivity index (χ0n) is 18.6. The Morgan fingerprint density at radius 3 is 2.59 bits per heavy atom. The van der Waals surface area contributed by atoms with Gasteiger partial charge in [0, 0.05) is 31.1 Å². The fourth-order valence-electron chi connectivity index (χ4n) is 5.22. The third-order valence-corrected chi connectivity index (χ3v) is 8.98. The van der Waals surface area contributed by atoms with Crippen LogP contribution in [0.2, 0.25) is 0 Å². The number of benzene rings is 1. The lowest BCUT2D eigenvalue weighted by atomic mass is 9.88. The van der Waals surface area contributed by atoms with E-state index in [9.17, 15) is 18.3 Å². The fraction of sp³-hybridized carbons (Fsp3) is 0.545. The summed E-state index contributed by atoms with van der Waals surface area (Å²) < 4.78 is 29.2. The first-order valence-electron chi connectivity index (χ1n) is 10.8. The van der Waals surface area contributed by atoms with Crippen molar-refractivity contribution >= 4 is 32.7 Å². The molecule has 1 unspecified atom stereocenters. The van der Waals surface area contributed by atoms with E-state index in [1.807, 2.05) is 55.0 Å². The van der Waals surface area contributed by atoms with Crippen molar-refractivity contribution in [2.45, 2.75) is 36.7 Å². The fourth-order valence-corrected chi connectivity index (χ4v) is 7.21. The number of hydrogen-bond donors (Lipinski definition) is 2. The van der Waals surface area contributed by atoms with E-state index in [0.717, 1.165) is 5.39 Å². The smallest absolute Gasteiger partial charge is 0.247 e. The third kappa shape index (κ3) is 3.12. The van der Waals surface area contributed by atoms with Gasteiger partial charge in [0.05, 0.1) is 18.8 Å². The van der Waals surface area contributed by atoms with E-state index in [1.54, 1.807) is 6.07 Å². The van der Waals surface area contributed by atoms with Crippen LogP contribution in [0.25, 0.3) is 10.9 Å². The first-order valence-corrected chi connectivity index (χ1v) is 12.3. The molecule has 1 spiro atoms. The highest BCUT2D eigenvalue weighted by Gasteiger charge is 2.57. The van der Waals surface area contributed by atoms with E-state index in [1.165, 1.54) is 4.31 Å². The van der Waals surface area contributed by atoms with E-state index in [-0.39, 0.29) is 22.8 Å². The molecule has 1 aromatic heterocycles.